The molecular weight excluding hydrogens is 483 g/mol. The van der Waals surface area contributed by atoms with Crippen molar-refractivity contribution in [3.8, 4) is 6.07 Å². The van der Waals surface area contributed by atoms with Crippen LogP contribution in [0, 0.1) is 11.3 Å². The Morgan fingerprint density at radius 1 is 1.14 bits per heavy atom. The molecule has 35 heavy (non-hydrogen) atoms. The van der Waals surface area contributed by atoms with Crippen LogP contribution in [0.4, 0.5) is 23.7 Å². The third-order valence-corrected chi connectivity index (χ3v) is 7.31. The fourth-order valence-corrected chi connectivity index (χ4v) is 5.58. The Balaban J connectivity index is 1.96. The minimum absolute atomic E-state index is 0.0104. The second kappa shape index (κ2) is 8.71. The van der Waals surface area contributed by atoms with Crippen LogP contribution in [0.25, 0.3) is 0 Å². The fourth-order valence-electron chi connectivity index (χ4n) is 4.61. The van der Waals surface area contributed by atoms with Crippen molar-refractivity contribution in [2.45, 2.75) is 36.9 Å². The van der Waals surface area contributed by atoms with Gasteiger partial charge in [0.2, 0.25) is 0 Å². The molecule has 184 valence electrons. The molecule has 1 atom stereocenters. The second-order valence-corrected chi connectivity index (χ2v) is 10.4. The van der Waals surface area contributed by atoms with E-state index in [-0.39, 0.29) is 58.1 Å². The van der Waals surface area contributed by atoms with Crippen molar-refractivity contribution in [1.29, 1.82) is 5.26 Å². The molecule has 0 saturated heterocycles. The molecule has 2 aromatic rings. The Kier molecular flexibility index (Phi) is 6.17. The molecule has 1 aliphatic carbocycles. The Morgan fingerprint density at radius 2 is 1.86 bits per heavy atom. The number of carbonyl (C=O) groups is 2. The van der Waals surface area contributed by atoms with E-state index in [4.69, 9.17) is 0 Å². The number of nitriles is 1. The van der Waals surface area contributed by atoms with Crippen molar-refractivity contribution in [3.63, 3.8) is 0 Å². The monoisotopic (exact) mass is 505 g/mol. The largest absolute Gasteiger partial charge is 0.416 e. The maximum Gasteiger partial charge on any atom is 0.416 e. The molecule has 7 nitrogen and oxygen atoms in total. The number of amides is 2. The van der Waals surface area contributed by atoms with Gasteiger partial charge in [0.1, 0.15) is 0 Å². The van der Waals surface area contributed by atoms with Gasteiger partial charge in [-0.05, 0) is 43.7 Å². The number of hydrogen-bond donors (Lipinski definition) is 2. The lowest BCUT2D eigenvalue weighted by Crippen LogP contribution is -2.50. The van der Waals surface area contributed by atoms with E-state index in [2.05, 4.69) is 0 Å². The lowest BCUT2D eigenvalue weighted by atomic mass is 9.92. The van der Waals surface area contributed by atoms with Gasteiger partial charge < -0.3 is 4.90 Å². The van der Waals surface area contributed by atoms with Gasteiger partial charge in [-0.15, -0.1) is 0 Å². The highest BCUT2D eigenvalue weighted by Crippen LogP contribution is 2.53. The topological polar surface area (TPSA) is 105 Å². The van der Waals surface area contributed by atoms with Crippen molar-refractivity contribution in [2.75, 3.05) is 17.7 Å². The van der Waals surface area contributed by atoms with Gasteiger partial charge in [-0.25, -0.2) is 4.79 Å². The Labute approximate surface area is 201 Å². The molecule has 0 radical (unpaired) electrons. The number of alkyl halides is 3. The molecule has 0 bridgehead atoms. The molecule has 4 rings (SSSR count). The van der Waals surface area contributed by atoms with Crippen LogP contribution < -0.4 is 4.90 Å². The Morgan fingerprint density at radius 3 is 2.46 bits per heavy atom. The van der Waals surface area contributed by atoms with Gasteiger partial charge in [-0.1, -0.05) is 12.1 Å². The standard InChI is InChI=1S/C24H22F3N3O4S/c1-3-29-22(17-8-7-14(13-28)11-20(17)35(2,33)34)21-18(9-10-19(21)31)30(23(29)32)16-6-4-5-15(12-16)24(25,26)27/h4-8,11-12,22,33-34H,3,9-10H2,1-2H3. The first-order valence-corrected chi connectivity index (χ1v) is 12.7. The summed E-state index contributed by atoms with van der Waals surface area (Å²) in [6.45, 7) is 1.75. The number of benzene rings is 2. The molecule has 1 heterocycles. The molecular formula is C24H22F3N3O4S. The van der Waals surface area contributed by atoms with Crippen molar-refractivity contribution in [1.82, 2.24) is 4.90 Å². The molecule has 1 unspecified atom stereocenters. The summed E-state index contributed by atoms with van der Waals surface area (Å²) in [5, 5.41) is 9.28. The molecule has 2 N–H and O–H groups in total. The maximum absolute atomic E-state index is 13.7. The lowest BCUT2D eigenvalue weighted by molar-refractivity contribution is -0.137. The zero-order valence-electron chi connectivity index (χ0n) is 18.8. The first-order valence-electron chi connectivity index (χ1n) is 10.7. The number of allylic oxidation sites excluding steroid dienone is 1. The maximum atomic E-state index is 13.7. The van der Waals surface area contributed by atoms with Crippen LogP contribution in [-0.4, -0.2) is 38.6 Å². The summed E-state index contributed by atoms with van der Waals surface area (Å²) in [6.07, 6.45) is -3.21. The van der Waals surface area contributed by atoms with Gasteiger partial charge in [0.05, 0.1) is 33.8 Å². The molecule has 2 amide bonds. The van der Waals surface area contributed by atoms with E-state index in [1.165, 1.54) is 41.5 Å². The smallest absolute Gasteiger partial charge is 0.313 e. The third-order valence-electron chi connectivity index (χ3n) is 6.12. The van der Waals surface area contributed by atoms with Crippen LogP contribution in [0.5, 0.6) is 0 Å². The number of urea groups is 1. The number of halogens is 3. The predicted octanol–water partition coefficient (Wildman–Crippen LogP) is 5.94. The molecule has 0 saturated carbocycles. The van der Waals surface area contributed by atoms with Crippen molar-refractivity contribution in [3.05, 3.63) is 70.4 Å². The third kappa shape index (κ3) is 4.29. The van der Waals surface area contributed by atoms with E-state index >= 15 is 0 Å². The molecule has 0 aromatic heterocycles. The summed E-state index contributed by atoms with van der Waals surface area (Å²) in [6, 6.07) is 8.96. The van der Waals surface area contributed by atoms with Crippen LogP contribution in [-0.2, 0) is 11.0 Å². The van der Waals surface area contributed by atoms with E-state index in [9.17, 15) is 37.1 Å². The average Bonchev–Trinajstić information content (AvgIpc) is 3.17. The lowest BCUT2D eigenvalue weighted by Gasteiger charge is -2.43. The first kappa shape index (κ1) is 24.8. The quantitative estimate of drug-likeness (QED) is 0.535. The molecule has 11 heteroatoms. The zero-order chi connectivity index (χ0) is 25.7. The average molecular weight is 506 g/mol. The van der Waals surface area contributed by atoms with E-state index in [1.807, 2.05) is 6.07 Å². The first-order chi connectivity index (χ1) is 16.4. The van der Waals surface area contributed by atoms with Gasteiger partial charge in [0.15, 0.2) is 5.78 Å². The highest BCUT2D eigenvalue weighted by atomic mass is 32.3. The second-order valence-electron chi connectivity index (χ2n) is 8.34. The van der Waals surface area contributed by atoms with E-state index in [0.29, 0.717) is 0 Å². The van der Waals surface area contributed by atoms with Crippen LogP contribution >= 0.6 is 10.6 Å². The van der Waals surface area contributed by atoms with Crippen LogP contribution in [0.1, 0.15) is 42.5 Å². The van der Waals surface area contributed by atoms with E-state index in [0.717, 1.165) is 17.0 Å². The molecule has 0 spiro atoms. The number of nitrogens with zero attached hydrogens (tertiary/aromatic N) is 3. The Bertz CT molecular complexity index is 1290. The number of carbonyl (C=O) groups excluding carboxylic acids is 2. The number of ketones is 1. The summed E-state index contributed by atoms with van der Waals surface area (Å²) in [5.41, 5.74) is 0.0364. The number of Topliss-reactive ketones (excluding diaryl/α,β-unsaturated/α-hetero) is 1. The normalized spacial score (nSPS) is 19.2. The summed E-state index contributed by atoms with van der Waals surface area (Å²) in [4.78, 5) is 29.3. The Hall–Kier alpha value is -3.33. The highest BCUT2D eigenvalue weighted by Gasteiger charge is 2.46. The van der Waals surface area contributed by atoms with Crippen molar-refractivity contribution in [2.24, 2.45) is 0 Å². The fraction of sp³-hybridized carbons (Fsp3) is 0.292. The molecule has 2 aliphatic rings. The van der Waals surface area contributed by atoms with E-state index in [1.54, 1.807) is 6.92 Å². The SMILES string of the molecule is CCN1C(=O)N(c2cccc(C(F)(F)F)c2)C2=C(C(=O)CC2)C1c1ccc(C#N)cc1S(C)(O)O. The highest BCUT2D eigenvalue weighted by molar-refractivity contribution is 8.23. The van der Waals surface area contributed by atoms with Crippen LogP contribution in [0.2, 0.25) is 0 Å². The summed E-state index contributed by atoms with van der Waals surface area (Å²) >= 11 is 0. The number of rotatable bonds is 4. The predicted molar refractivity (Wildman–Crippen MR) is 124 cm³/mol. The van der Waals surface area contributed by atoms with Crippen LogP contribution in [0.3, 0.4) is 0 Å². The van der Waals surface area contributed by atoms with Crippen LogP contribution in [0.15, 0.2) is 58.6 Å². The van der Waals surface area contributed by atoms with Gasteiger partial charge >= 0.3 is 12.2 Å². The molecule has 0 fully saturated rings. The molecule has 1 aliphatic heterocycles. The van der Waals surface area contributed by atoms with Crippen molar-refractivity contribution < 1.29 is 31.9 Å². The van der Waals surface area contributed by atoms with E-state index < -0.39 is 34.4 Å². The van der Waals surface area contributed by atoms with Gasteiger partial charge in [-0.3, -0.25) is 18.8 Å². The van der Waals surface area contributed by atoms with Gasteiger partial charge in [0, 0.05) is 36.1 Å². The number of likely N-dealkylation sites (N-methyl/N-ethyl adjacent to an activating group) is 1. The summed E-state index contributed by atoms with van der Waals surface area (Å²) in [7, 11) is -3.36. The summed E-state index contributed by atoms with van der Waals surface area (Å²) < 4.78 is 61.1. The van der Waals surface area contributed by atoms with Gasteiger partial charge in [0.25, 0.3) is 0 Å². The minimum atomic E-state index is -4.61. The molecule has 2 aromatic carbocycles. The summed E-state index contributed by atoms with van der Waals surface area (Å²) in [5.74, 6) is -0.282. The van der Waals surface area contributed by atoms with Crippen molar-refractivity contribution >= 4 is 28.1 Å². The van der Waals surface area contributed by atoms with Gasteiger partial charge in [-0.2, -0.15) is 29.0 Å². The minimum Gasteiger partial charge on any atom is -0.313 e. The zero-order valence-corrected chi connectivity index (χ0v) is 19.7. The number of anilines is 1. The number of hydrogen-bond acceptors (Lipinski definition) is 5.